The Kier molecular flexibility index (Phi) is 6.56. The van der Waals surface area contributed by atoms with Crippen molar-refractivity contribution in [3.63, 3.8) is 0 Å². The maximum absolute atomic E-state index is 11.4. The summed E-state index contributed by atoms with van der Waals surface area (Å²) in [6.07, 6.45) is 8.50. The molecule has 0 aromatic carbocycles. The molecule has 1 aliphatic carbocycles. The molecule has 0 radical (unpaired) electrons. The van der Waals surface area contributed by atoms with Crippen LogP contribution in [0.15, 0.2) is 0 Å². The van der Waals surface area contributed by atoms with Gasteiger partial charge in [-0.15, -0.1) is 0 Å². The van der Waals surface area contributed by atoms with E-state index < -0.39 is 0 Å². The van der Waals surface area contributed by atoms with E-state index in [0.717, 1.165) is 25.8 Å². The van der Waals surface area contributed by atoms with Gasteiger partial charge in [-0.2, -0.15) is 0 Å². The van der Waals surface area contributed by atoms with Gasteiger partial charge in [0.25, 0.3) is 0 Å². The zero-order valence-electron chi connectivity index (χ0n) is 8.73. The van der Waals surface area contributed by atoms with Gasteiger partial charge in [0.05, 0.1) is 0 Å². The first-order valence-electron chi connectivity index (χ1n) is 5.68. The lowest BCUT2D eigenvalue weighted by Gasteiger charge is -2.23. The van der Waals surface area contributed by atoms with Crippen molar-refractivity contribution >= 4 is 28.5 Å². The van der Waals surface area contributed by atoms with Crippen molar-refractivity contribution in [1.82, 2.24) is 5.32 Å². The summed E-state index contributed by atoms with van der Waals surface area (Å²) in [7, 11) is 0. The minimum atomic E-state index is 0.296. The Morgan fingerprint density at radius 3 is 2.50 bits per heavy atom. The second kappa shape index (κ2) is 7.49. The molecule has 82 valence electrons. The van der Waals surface area contributed by atoms with Gasteiger partial charge < -0.3 is 5.32 Å². The van der Waals surface area contributed by atoms with Gasteiger partial charge in [0.2, 0.25) is 5.91 Å². The van der Waals surface area contributed by atoms with E-state index in [0.29, 0.717) is 11.8 Å². The van der Waals surface area contributed by atoms with Crippen LogP contribution in [-0.2, 0) is 4.79 Å². The molecule has 0 aliphatic heterocycles. The van der Waals surface area contributed by atoms with Crippen molar-refractivity contribution in [2.45, 2.75) is 44.9 Å². The maximum atomic E-state index is 11.4. The van der Waals surface area contributed by atoms with E-state index in [1.54, 1.807) is 0 Å². The van der Waals surface area contributed by atoms with Crippen molar-refractivity contribution < 1.29 is 4.79 Å². The Hall–Kier alpha value is 0.200. The highest BCUT2D eigenvalue weighted by Gasteiger charge is 2.24. The number of carbonyl (C=O) groups excluding carboxylic acids is 1. The molecule has 0 spiro atoms. The second-order valence-electron chi connectivity index (χ2n) is 4.02. The average molecular weight is 309 g/mol. The number of alkyl halides is 1. The van der Waals surface area contributed by atoms with Crippen LogP contribution in [0.1, 0.15) is 44.9 Å². The Labute approximate surface area is 100 Å². The normalized spacial score (nSPS) is 16.4. The number of hydrogen-bond donors (Lipinski definition) is 1. The van der Waals surface area contributed by atoms with Gasteiger partial charge >= 0.3 is 0 Å². The Morgan fingerprint density at radius 2 is 1.93 bits per heavy atom. The van der Waals surface area contributed by atoms with E-state index in [9.17, 15) is 4.79 Å². The Morgan fingerprint density at radius 1 is 1.21 bits per heavy atom. The van der Waals surface area contributed by atoms with Crippen molar-refractivity contribution in [1.29, 1.82) is 0 Å². The van der Waals surface area contributed by atoms with Crippen molar-refractivity contribution in [2.24, 2.45) is 5.92 Å². The molecule has 0 aromatic heterocycles. The van der Waals surface area contributed by atoms with Crippen LogP contribution in [0, 0.1) is 5.92 Å². The molecule has 1 saturated carbocycles. The van der Waals surface area contributed by atoms with E-state index in [1.807, 2.05) is 0 Å². The van der Waals surface area contributed by atoms with E-state index in [1.165, 1.54) is 30.1 Å². The lowest BCUT2D eigenvalue weighted by Crippen LogP contribution is -2.34. The number of rotatable bonds is 7. The lowest BCUT2D eigenvalue weighted by atomic mass is 9.85. The molecule has 0 heterocycles. The number of carbonyl (C=O) groups is 1. The first-order chi connectivity index (χ1) is 6.84. The number of hydrogen-bond acceptors (Lipinski definition) is 1. The van der Waals surface area contributed by atoms with Gasteiger partial charge in [0, 0.05) is 12.5 Å². The third-order valence-electron chi connectivity index (χ3n) is 2.84. The first-order valence-corrected chi connectivity index (χ1v) is 7.21. The molecular formula is C11H20INO. The predicted molar refractivity (Wildman–Crippen MR) is 67.7 cm³/mol. The SMILES string of the molecule is O=C(NCCCCCCI)C1CCC1. The van der Waals surface area contributed by atoms with Crippen LogP contribution in [0.25, 0.3) is 0 Å². The molecule has 0 saturated heterocycles. The van der Waals surface area contributed by atoms with Crippen LogP contribution in [0.5, 0.6) is 0 Å². The molecule has 0 bridgehead atoms. The van der Waals surface area contributed by atoms with Gasteiger partial charge in [-0.3, -0.25) is 4.79 Å². The highest BCUT2D eigenvalue weighted by Crippen LogP contribution is 2.26. The molecule has 0 atom stereocenters. The summed E-state index contributed by atoms with van der Waals surface area (Å²) in [5.41, 5.74) is 0. The minimum absolute atomic E-state index is 0.296. The summed E-state index contributed by atoms with van der Waals surface area (Å²) in [4.78, 5) is 11.4. The predicted octanol–water partition coefficient (Wildman–Crippen LogP) is 2.90. The summed E-state index contributed by atoms with van der Waals surface area (Å²) in [5, 5.41) is 3.02. The van der Waals surface area contributed by atoms with E-state index in [-0.39, 0.29) is 0 Å². The Bertz CT molecular complexity index is 169. The van der Waals surface area contributed by atoms with Crippen LogP contribution in [0.3, 0.4) is 0 Å². The quantitative estimate of drug-likeness (QED) is 0.437. The topological polar surface area (TPSA) is 29.1 Å². The second-order valence-corrected chi connectivity index (χ2v) is 5.10. The molecule has 1 aliphatic rings. The van der Waals surface area contributed by atoms with Crippen LogP contribution >= 0.6 is 22.6 Å². The van der Waals surface area contributed by atoms with Gasteiger partial charge in [-0.05, 0) is 30.1 Å². The third kappa shape index (κ3) is 4.62. The number of unbranched alkanes of at least 4 members (excludes halogenated alkanes) is 3. The molecule has 1 N–H and O–H groups in total. The lowest BCUT2D eigenvalue weighted by molar-refractivity contribution is -0.127. The standard InChI is InChI=1S/C11H20INO/c12-8-3-1-2-4-9-13-11(14)10-6-5-7-10/h10H,1-9H2,(H,13,14). The summed E-state index contributed by atoms with van der Waals surface area (Å²) >= 11 is 2.41. The maximum Gasteiger partial charge on any atom is 0.223 e. The largest absolute Gasteiger partial charge is 0.356 e. The molecule has 14 heavy (non-hydrogen) atoms. The number of nitrogens with one attached hydrogen (secondary N) is 1. The highest BCUT2D eigenvalue weighted by molar-refractivity contribution is 14.1. The summed E-state index contributed by atoms with van der Waals surface area (Å²) in [6.45, 7) is 0.885. The summed E-state index contributed by atoms with van der Waals surface area (Å²) < 4.78 is 1.26. The van der Waals surface area contributed by atoms with E-state index >= 15 is 0 Å². The van der Waals surface area contributed by atoms with Gasteiger partial charge in [0.15, 0.2) is 0 Å². The number of amides is 1. The van der Waals surface area contributed by atoms with Crippen molar-refractivity contribution in [2.75, 3.05) is 11.0 Å². The molecule has 0 unspecified atom stereocenters. The smallest absolute Gasteiger partial charge is 0.223 e. The monoisotopic (exact) mass is 309 g/mol. The molecule has 1 rings (SSSR count). The molecule has 1 amide bonds. The van der Waals surface area contributed by atoms with Crippen molar-refractivity contribution in [3.05, 3.63) is 0 Å². The molecular weight excluding hydrogens is 289 g/mol. The van der Waals surface area contributed by atoms with Gasteiger partial charge in [-0.25, -0.2) is 0 Å². The van der Waals surface area contributed by atoms with Gasteiger partial charge in [-0.1, -0.05) is 41.9 Å². The first kappa shape index (κ1) is 12.3. The van der Waals surface area contributed by atoms with Gasteiger partial charge in [0.1, 0.15) is 0 Å². The Balaban J connectivity index is 1.85. The van der Waals surface area contributed by atoms with Crippen molar-refractivity contribution in [3.8, 4) is 0 Å². The summed E-state index contributed by atoms with van der Waals surface area (Å²) in [5.74, 6) is 0.648. The molecule has 0 aromatic rings. The fraction of sp³-hybridized carbons (Fsp3) is 0.909. The van der Waals surface area contributed by atoms with Crippen LogP contribution < -0.4 is 5.32 Å². The summed E-state index contributed by atoms with van der Waals surface area (Å²) in [6, 6.07) is 0. The molecule has 2 nitrogen and oxygen atoms in total. The fourth-order valence-electron chi connectivity index (χ4n) is 1.60. The van der Waals surface area contributed by atoms with Crippen LogP contribution in [0.4, 0.5) is 0 Å². The fourth-order valence-corrected chi connectivity index (χ4v) is 2.14. The third-order valence-corrected chi connectivity index (χ3v) is 3.60. The number of halogens is 1. The van der Waals surface area contributed by atoms with E-state index in [2.05, 4.69) is 27.9 Å². The average Bonchev–Trinajstić information content (AvgIpc) is 2.08. The highest BCUT2D eigenvalue weighted by atomic mass is 127. The zero-order valence-corrected chi connectivity index (χ0v) is 10.9. The minimum Gasteiger partial charge on any atom is -0.356 e. The van der Waals surface area contributed by atoms with Crippen LogP contribution in [0.2, 0.25) is 0 Å². The van der Waals surface area contributed by atoms with Crippen LogP contribution in [-0.4, -0.2) is 16.9 Å². The van der Waals surface area contributed by atoms with E-state index in [4.69, 9.17) is 0 Å². The zero-order chi connectivity index (χ0) is 10.2. The molecule has 3 heteroatoms. The molecule has 1 fully saturated rings.